The number of hydrogen-bond acceptors (Lipinski definition) is 1. The Hall–Kier alpha value is -1.52. The summed E-state index contributed by atoms with van der Waals surface area (Å²) in [6.45, 7) is 0.436. The van der Waals surface area contributed by atoms with Gasteiger partial charge in [0.05, 0.1) is 5.41 Å². The average molecular weight is 368 g/mol. The Labute approximate surface area is 152 Å². The van der Waals surface area contributed by atoms with Crippen molar-refractivity contribution < 1.29 is 13.2 Å². The minimum absolute atomic E-state index is 0. The van der Waals surface area contributed by atoms with Crippen molar-refractivity contribution >= 4 is 12.4 Å². The molecule has 1 unspecified atom stereocenters. The summed E-state index contributed by atoms with van der Waals surface area (Å²) in [6, 6.07) is 15.2. The topological polar surface area (TPSA) is 3.24 Å². The van der Waals surface area contributed by atoms with Gasteiger partial charge in [-0.2, -0.15) is 13.2 Å². The zero-order chi connectivity index (χ0) is 17.2. The number of hydrogen-bond donors (Lipinski definition) is 0. The third-order valence-electron chi connectivity index (χ3n) is 5.85. The molecule has 1 saturated carbocycles. The Bertz CT molecular complexity index is 754. The molecule has 0 radical (unpaired) electrons. The molecule has 2 aromatic rings. The second kappa shape index (κ2) is 5.75. The molecule has 25 heavy (non-hydrogen) atoms. The van der Waals surface area contributed by atoms with E-state index in [2.05, 4.69) is 0 Å². The molecule has 1 fully saturated rings. The maximum Gasteiger partial charge on any atom is 0.395 e. The highest BCUT2D eigenvalue weighted by molar-refractivity contribution is 5.85. The Balaban J connectivity index is 0.00000182. The van der Waals surface area contributed by atoms with E-state index in [0.29, 0.717) is 6.54 Å². The Kier molecular flexibility index (Phi) is 4.20. The smallest absolute Gasteiger partial charge is 0.309 e. The van der Waals surface area contributed by atoms with Gasteiger partial charge in [-0.05, 0) is 55.7 Å². The first-order chi connectivity index (χ1) is 11.3. The van der Waals surface area contributed by atoms with Gasteiger partial charge in [-0.15, -0.1) is 12.4 Å². The largest absolute Gasteiger partial charge is 0.395 e. The molecule has 4 rings (SSSR count). The van der Waals surface area contributed by atoms with E-state index in [4.69, 9.17) is 0 Å². The fourth-order valence-corrected chi connectivity index (χ4v) is 4.64. The van der Waals surface area contributed by atoms with Crippen molar-refractivity contribution in [3.63, 3.8) is 0 Å². The van der Waals surface area contributed by atoms with Gasteiger partial charge < -0.3 is 4.90 Å². The molecule has 2 aliphatic carbocycles. The molecule has 5 heteroatoms. The van der Waals surface area contributed by atoms with E-state index in [9.17, 15) is 13.2 Å². The molecule has 1 atom stereocenters. The molecule has 1 nitrogen and oxygen atoms in total. The van der Waals surface area contributed by atoms with E-state index >= 15 is 0 Å². The fraction of sp³-hybridized carbons (Fsp3) is 0.400. The number of nitrogens with zero attached hydrogens (tertiary/aromatic N) is 1. The van der Waals surface area contributed by atoms with Crippen molar-refractivity contribution in [2.24, 2.45) is 5.41 Å². The first-order valence-corrected chi connectivity index (χ1v) is 8.24. The summed E-state index contributed by atoms with van der Waals surface area (Å²) in [4.78, 5) is 1.84. The van der Waals surface area contributed by atoms with Crippen LogP contribution in [0.2, 0.25) is 0 Å². The maximum absolute atomic E-state index is 14.2. The molecule has 0 bridgehead atoms. The Morgan fingerprint density at radius 3 is 1.84 bits per heavy atom. The first-order valence-electron chi connectivity index (χ1n) is 8.24. The number of fused-ring (bicyclic) bond motifs is 5. The maximum atomic E-state index is 14.2. The van der Waals surface area contributed by atoms with Crippen LogP contribution >= 0.6 is 12.4 Å². The van der Waals surface area contributed by atoms with Crippen LogP contribution in [0.3, 0.4) is 0 Å². The van der Waals surface area contributed by atoms with Crippen LogP contribution in [-0.4, -0.2) is 31.7 Å². The van der Waals surface area contributed by atoms with Gasteiger partial charge in [0.1, 0.15) is 0 Å². The highest BCUT2D eigenvalue weighted by atomic mass is 35.5. The van der Waals surface area contributed by atoms with Crippen LogP contribution in [-0.2, 0) is 5.41 Å². The third kappa shape index (κ3) is 2.27. The monoisotopic (exact) mass is 367 g/mol. The SMILES string of the molecule is CN(C)CCC1(C(F)(F)F)CC12c1ccccc1-c1ccccc12.Cl. The normalized spacial score (nSPS) is 22.5. The minimum atomic E-state index is -4.21. The Morgan fingerprint density at radius 1 is 0.920 bits per heavy atom. The number of halogens is 4. The highest BCUT2D eigenvalue weighted by Crippen LogP contribution is 2.79. The van der Waals surface area contributed by atoms with Crippen LogP contribution in [0, 0.1) is 5.41 Å². The molecule has 134 valence electrons. The number of benzene rings is 2. The van der Waals surface area contributed by atoms with Crippen LogP contribution in [0.15, 0.2) is 48.5 Å². The van der Waals surface area contributed by atoms with Crippen molar-refractivity contribution in [1.82, 2.24) is 4.90 Å². The van der Waals surface area contributed by atoms with Gasteiger partial charge >= 0.3 is 6.18 Å². The van der Waals surface area contributed by atoms with E-state index < -0.39 is 17.0 Å². The van der Waals surface area contributed by atoms with E-state index in [0.717, 1.165) is 22.3 Å². The van der Waals surface area contributed by atoms with E-state index in [1.165, 1.54) is 0 Å². The molecule has 0 heterocycles. The van der Waals surface area contributed by atoms with Crippen LogP contribution < -0.4 is 0 Å². The summed E-state index contributed by atoms with van der Waals surface area (Å²) in [6.07, 6.45) is -3.93. The van der Waals surface area contributed by atoms with E-state index in [1.54, 1.807) is 0 Å². The van der Waals surface area contributed by atoms with Crippen molar-refractivity contribution in [3.05, 3.63) is 59.7 Å². The Morgan fingerprint density at radius 2 is 1.40 bits per heavy atom. The number of alkyl halides is 3. The molecule has 0 aromatic heterocycles. The van der Waals surface area contributed by atoms with E-state index in [1.807, 2.05) is 67.5 Å². The first kappa shape index (κ1) is 18.3. The van der Waals surface area contributed by atoms with Crippen molar-refractivity contribution in [2.45, 2.75) is 24.4 Å². The lowest BCUT2D eigenvalue weighted by Crippen LogP contribution is -2.35. The minimum Gasteiger partial charge on any atom is -0.309 e. The molecule has 2 aromatic carbocycles. The van der Waals surface area contributed by atoms with Gasteiger partial charge in [-0.25, -0.2) is 0 Å². The average Bonchev–Trinajstić information content (AvgIpc) is 3.16. The molecular weight excluding hydrogens is 347 g/mol. The number of rotatable bonds is 3. The quantitative estimate of drug-likeness (QED) is 0.713. The van der Waals surface area contributed by atoms with Crippen molar-refractivity contribution in [1.29, 1.82) is 0 Å². The van der Waals surface area contributed by atoms with Gasteiger partial charge in [0, 0.05) is 5.41 Å². The predicted molar refractivity (Wildman–Crippen MR) is 96.2 cm³/mol. The van der Waals surface area contributed by atoms with Crippen molar-refractivity contribution in [3.8, 4) is 11.1 Å². The second-order valence-corrected chi connectivity index (χ2v) is 7.31. The molecule has 1 spiro atoms. The molecule has 0 aliphatic heterocycles. The lowest BCUT2D eigenvalue weighted by molar-refractivity contribution is -0.195. The lowest BCUT2D eigenvalue weighted by Gasteiger charge is -2.28. The van der Waals surface area contributed by atoms with Crippen LogP contribution in [0.4, 0.5) is 13.2 Å². The van der Waals surface area contributed by atoms with Gasteiger partial charge in [0.25, 0.3) is 0 Å². The standard InChI is InChI=1S/C20H20F3N.ClH/c1-24(2)12-11-18(20(21,22)23)13-19(18)16-9-5-3-7-14(16)15-8-4-6-10-17(15)19;/h3-10H,11-13H2,1-2H3;1H. The predicted octanol–water partition coefficient (Wildman–Crippen LogP) is 5.28. The van der Waals surface area contributed by atoms with Crippen LogP contribution in [0.5, 0.6) is 0 Å². The van der Waals surface area contributed by atoms with Gasteiger partial charge in [-0.1, -0.05) is 48.5 Å². The lowest BCUT2D eigenvalue weighted by atomic mass is 9.81. The molecule has 0 amide bonds. The summed E-state index contributed by atoms with van der Waals surface area (Å²) < 4.78 is 42.6. The van der Waals surface area contributed by atoms with Gasteiger partial charge in [0.15, 0.2) is 0 Å². The summed E-state index contributed by atoms with van der Waals surface area (Å²) in [5.74, 6) is 0. The second-order valence-electron chi connectivity index (χ2n) is 7.31. The summed E-state index contributed by atoms with van der Waals surface area (Å²) >= 11 is 0. The summed E-state index contributed by atoms with van der Waals surface area (Å²) in [5, 5.41) is 0. The van der Waals surface area contributed by atoms with E-state index in [-0.39, 0.29) is 25.2 Å². The molecule has 0 saturated heterocycles. The van der Waals surface area contributed by atoms with Crippen LogP contribution in [0.1, 0.15) is 24.0 Å². The third-order valence-corrected chi connectivity index (χ3v) is 5.85. The zero-order valence-corrected chi connectivity index (χ0v) is 15.0. The summed E-state index contributed by atoms with van der Waals surface area (Å²) in [7, 11) is 3.66. The summed E-state index contributed by atoms with van der Waals surface area (Å²) in [5.41, 5.74) is 1.05. The van der Waals surface area contributed by atoms with Crippen molar-refractivity contribution in [2.75, 3.05) is 20.6 Å². The van der Waals surface area contributed by atoms with Crippen LogP contribution in [0.25, 0.3) is 11.1 Å². The molecule has 0 N–H and O–H groups in total. The molecular formula is C20H21ClF3N. The fourth-order valence-electron chi connectivity index (χ4n) is 4.64. The highest BCUT2D eigenvalue weighted by Gasteiger charge is 2.81. The van der Waals surface area contributed by atoms with Gasteiger partial charge in [-0.3, -0.25) is 0 Å². The zero-order valence-electron chi connectivity index (χ0n) is 14.2. The molecule has 2 aliphatic rings. The van der Waals surface area contributed by atoms with Gasteiger partial charge in [0.2, 0.25) is 0 Å².